The maximum Gasteiger partial charge on any atom is 0.238 e. The van der Waals surface area contributed by atoms with Gasteiger partial charge in [0.1, 0.15) is 6.04 Å². The number of hydrazine groups is 1. The molecular weight excluding hydrogens is 252 g/mol. The minimum absolute atomic E-state index is 0.0658. The summed E-state index contributed by atoms with van der Waals surface area (Å²) in [7, 11) is 0. The van der Waals surface area contributed by atoms with Gasteiger partial charge in [0.15, 0.2) is 0 Å². The van der Waals surface area contributed by atoms with Gasteiger partial charge < -0.3 is 11.1 Å². The molecular formula is C15H24N4O. The van der Waals surface area contributed by atoms with Gasteiger partial charge in [-0.15, -0.1) is 0 Å². The molecule has 2 atom stereocenters. The van der Waals surface area contributed by atoms with Gasteiger partial charge in [-0.1, -0.05) is 26.0 Å². The van der Waals surface area contributed by atoms with Crippen molar-refractivity contribution in [3.8, 4) is 0 Å². The summed E-state index contributed by atoms with van der Waals surface area (Å²) in [6.07, 6.45) is 1.66. The summed E-state index contributed by atoms with van der Waals surface area (Å²) in [5, 5.41) is 2.97. The van der Waals surface area contributed by atoms with Gasteiger partial charge in [-0.3, -0.25) is 10.2 Å². The summed E-state index contributed by atoms with van der Waals surface area (Å²) in [5.41, 5.74) is 13.8. The van der Waals surface area contributed by atoms with E-state index in [0.717, 1.165) is 18.5 Å². The molecule has 0 saturated carbocycles. The molecule has 1 fully saturated rings. The predicted octanol–water partition coefficient (Wildman–Crippen LogP) is 0.819. The molecule has 20 heavy (non-hydrogen) atoms. The second kappa shape index (κ2) is 6.72. The molecule has 5 nitrogen and oxygen atoms in total. The molecule has 1 saturated heterocycles. The normalized spacial score (nSPS) is 22.1. The number of anilines is 1. The van der Waals surface area contributed by atoms with Gasteiger partial charge in [0.2, 0.25) is 5.91 Å². The van der Waals surface area contributed by atoms with E-state index in [9.17, 15) is 4.79 Å². The fourth-order valence-corrected chi connectivity index (χ4v) is 2.33. The first-order chi connectivity index (χ1) is 9.56. The lowest BCUT2D eigenvalue weighted by Gasteiger charge is -2.12. The third-order valence-corrected chi connectivity index (χ3v) is 3.75. The Balaban J connectivity index is 1.72. The monoisotopic (exact) mass is 276 g/mol. The van der Waals surface area contributed by atoms with Crippen LogP contribution in [0.5, 0.6) is 0 Å². The molecule has 0 aliphatic carbocycles. The van der Waals surface area contributed by atoms with Crippen LogP contribution in [0.25, 0.3) is 0 Å². The lowest BCUT2D eigenvalue weighted by Crippen LogP contribution is -2.44. The van der Waals surface area contributed by atoms with Crippen molar-refractivity contribution in [3.05, 3.63) is 29.8 Å². The Bertz CT molecular complexity index is 444. The molecule has 0 radical (unpaired) electrons. The van der Waals surface area contributed by atoms with Crippen molar-refractivity contribution in [1.82, 2.24) is 16.2 Å². The zero-order valence-corrected chi connectivity index (χ0v) is 12.1. The van der Waals surface area contributed by atoms with Gasteiger partial charge in [0.05, 0.1) is 0 Å². The van der Waals surface area contributed by atoms with E-state index in [0.29, 0.717) is 18.5 Å². The Morgan fingerprint density at radius 2 is 2.05 bits per heavy atom. The maximum atomic E-state index is 12.0. The third-order valence-electron chi connectivity index (χ3n) is 3.75. The molecule has 0 bridgehead atoms. The van der Waals surface area contributed by atoms with Crippen molar-refractivity contribution in [3.63, 3.8) is 0 Å². The number of carbonyl (C=O) groups excluding carboxylic acids is 1. The van der Waals surface area contributed by atoms with Crippen molar-refractivity contribution in [2.75, 3.05) is 12.3 Å². The summed E-state index contributed by atoms with van der Waals surface area (Å²) in [5.74, 6) is 0.589. The third kappa shape index (κ3) is 3.95. The average molecular weight is 276 g/mol. The van der Waals surface area contributed by atoms with E-state index < -0.39 is 0 Å². The van der Waals surface area contributed by atoms with Gasteiger partial charge in [0, 0.05) is 18.3 Å². The maximum absolute atomic E-state index is 12.0. The van der Waals surface area contributed by atoms with Crippen molar-refractivity contribution < 1.29 is 4.79 Å². The molecule has 1 heterocycles. The number of carbonyl (C=O) groups is 1. The highest BCUT2D eigenvalue weighted by Crippen LogP contribution is 2.13. The number of hydrogen-bond donors (Lipinski definition) is 4. The van der Waals surface area contributed by atoms with Crippen LogP contribution in [0.4, 0.5) is 5.69 Å². The van der Waals surface area contributed by atoms with E-state index in [-0.39, 0.29) is 11.9 Å². The highest BCUT2D eigenvalue weighted by Gasteiger charge is 2.30. The van der Waals surface area contributed by atoms with E-state index in [1.807, 2.05) is 24.3 Å². The number of amides is 1. The van der Waals surface area contributed by atoms with Gasteiger partial charge in [0.25, 0.3) is 0 Å². The largest absolute Gasteiger partial charge is 0.399 e. The zero-order chi connectivity index (χ0) is 14.5. The predicted molar refractivity (Wildman–Crippen MR) is 80.9 cm³/mol. The van der Waals surface area contributed by atoms with E-state index in [2.05, 4.69) is 30.0 Å². The van der Waals surface area contributed by atoms with Gasteiger partial charge >= 0.3 is 0 Å². The lowest BCUT2D eigenvalue weighted by molar-refractivity contribution is -0.122. The summed E-state index contributed by atoms with van der Waals surface area (Å²) in [6, 6.07) is 7.98. The molecule has 1 aromatic carbocycles. The summed E-state index contributed by atoms with van der Waals surface area (Å²) in [6.45, 7) is 4.95. The van der Waals surface area contributed by atoms with Crippen LogP contribution in [0.2, 0.25) is 0 Å². The van der Waals surface area contributed by atoms with Gasteiger partial charge in [-0.2, -0.15) is 0 Å². The molecule has 110 valence electrons. The molecule has 0 spiro atoms. The summed E-state index contributed by atoms with van der Waals surface area (Å²) >= 11 is 0. The summed E-state index contributed by atoms with van der Waals surface area (Å²) < 4.78 is 0. The molecule has 0 aromatic heterocycles. The van der Waals surface area contributed by atoms with E-state index in [1.54, 1.807) is 0 Å². The molecule has 1 aliphatic rings. The van der Waals surface area contributed by atoms with Crippen LogP contribution >= 0.6 is 0 Å². The number of nitrogens with one attached hydrogen (secondary N) is 3. The molecule has 1 amide bonds. The van der Waals surface area contributed by atoms with Gasteiger partial charge in [-0.25, -0.2) is 5.43 Å². The lowest BCUT2D eigenvalue weighted by atomic mass is 9.99. The highest BCUT2D eigenvalue weighted by atomic mass is 16.2. The van der Waals surface area contributed by atoms with Gasteiger partial charge in [-0.05, 0) is 36.5 Å². The fraction of sp³-hybridized carbons (Fsp3) is 0.533. The van der Waals surface area contributed by atoms with Crippen LogP contribution in [0, 0.1) is 5.92 Å². The fourth-order valence-electron chi connectivity index (χ4n) is 2.33. The number of nitrogens with two attached hydrogens (primary N) is 1. The van der Waals surface area contributed by atoms with Crippen LogP contribution in [-0.4, -0.2) is 24.5 Å². The minimum Gasteiger partial charge on any atom is -0.399 e. The van der Waals surface area contributed by atoms with Crippen LogP contribution in [0.15, 0.2) is 24.3 Å². The molecule has 5 N–H and O–H groups in total. The molecule has 2 rings (SSSR count). The Labute approximate surface area is 120 Å². The van der Waals surface area contributed by atoms with Crippen molar-refractivity contribution >= 4 is 11.6 Å². The Hall–Kier alpha value is -1.59. The number of rotatable bonds is 5. The standard InChI is InChI=1S/C15H24N4O/c1-10(2)13-9-14(19-18-13)15(20)17-8-7-11-3-5-12(16)6-4-11/h3-6,10,13-14,18-19H,7-9,16H2,1-2H3,(H,17,20). The van der Waals surface area contributed by atoms with E-state index >= 15 is 0 Å². The zero-order valence-electron chi connectivity index (χ0n) is 12.1. The molecule has 2 unspecified atom stereocenters. The highest BCUT2D eigenvalue weighted by molar-refractivity contribution is 5.82. The smallest absolute Gasteiger partial charge is 0.238 e. The van der Waals surface area contributed by atoms with E-state index in [4.69, 9.17) is 5.73 Å². The number of hydrogen-bond acceptors (Lipinski definition) is 4. The van der Waals surface area contributed by atoms with Crippen molar-refractivity contribution in [1.29, 1.82) is 0 Å². The molecule has 1 aliphatic heterocycles. The Kier molecular flexibility index (Phi) is 4.98. The number of nitrogen functional groups attached to an aromatic ring is 1. The first-order valence-electron chi connectivity index (χ1n) is 7.19. The SMILES string of the molecule is CC(C)C1CC(C(=O)NCCc2ccc(N)cc2)NN1. The Morgan fingerprint density at radius 1 is 1.35 bits per heavy atom. The second-order valence-corrected chi connectivity index (χ2v) is 5.71. The quantitative estimate of drug-likeness (QED) is 0.600. The van der Waals surface area contributed by atoms with Crippen molar-refractivity contribution in [2.24, 2.45) is 5.92 Å². The van der Waals surface area contributed by atoms with Crippen molar-refractivity contribution in [2.45, 2.75) is 38.8 Å². The van der Waals surface area contributed by atoms with Crippen LogP contribution in [0.1, 0.15) is 25.8 Å². The van der Waals surface area contributed by atoms with Crippen LogP contribution in [0.3, 0.4) is 0 Å². The average Bonchev–Trinajstić information content (AvgIpc) is 2.91. The second-order valence-electron chi connectivity index (χ2n) is 5.71. The van der Waals surface area contributed by atoms with Crippen LogP contribution < -0.4 is 21.9 Å². The molecule has 5 heteroatoms. The number of benzene rings is 1. The topological polar surface area (TPSA) is 79.2 Å². The Morgan fingerprint density at radius 3 is 2.65 bits per heavy atom. The van der Waals surface area contributed by atoms with E-state index in [1.165, 1.54) is 5.56 Å². The molecule has 1 aromatic rings. The minimum atomic E-state index is -0.131. The summed E-state index contributed by atoms with van der Waals surface area (Å²) in [4.78, 5) is 12.0. The first kappa shape index (κ1) is 14.8. The van der Waals surface area contributed by atoms with Crippen LogP contribution in [-0.2, 0) is 11.2 Å². The first-order valence-corrected chi connectivity index (χ1v) is 7.19.